The predicted octanol–water partition coefficient (Wildman–Crippen LogP) is 4.59. The molecule has 0 amide bonds. The summed E-state index contributed by atoms with van der Waals surface area (Å²) < 4.78 is 7.50. The Bertz CT molecular complexity index is 302. The zero-order valence-electron chi connectivity index (χ0n) is 11.3. The molecule has 0 saturated carbocycles. The van der Waals surface area contributed by atoms with E-state index < -0.39 is 0 Å². The van der Waals surface area contributed by atoms with Gasteiger partial charge in [0.15, 0.2) is 0 Å². The smallest absolute Gasteiger partial charge is 0 e. The second kappa shape index (κ2) is 11.7. The quantitative estimate of drug-likeness (QED) is 0.288. The Kier molecular flexibility index (Phi) is 14.8. The molecule has 0 unspecified atom stereocenters. The van der Waals surface area contributed by atoms with E-state index in [-0.39, 0.29) is 17.1 Å². The van der Waals surface area contributed by atoms with Gasteiger partial charge in [-0.3, -0.25) is 0 Å². The molecule has 1 aliphatic rings. The van der Waals surface area contributed by atoms with Gasteiger partial charge in [0.2, 0.25) is 0 Å². The summed E-state index contributed by atoms with van der Waals surface area (Å²) in [5, 5.41) is 0. The van der Waals surface area contributed by atoms with Crippen LogP contribution in [-0.4, -0.2) is 0 Å². The van der Waals surface area contributed by atoms with Gasteiger partial charge in [0.1, 0.15) is 0 Å². The van der Waals surface area contributed by atoms with Gasteiger partial charge in [-0.05, 0) is 38.8 Å². The number of rotatable bonds is 1. The predicted molar refractivity (Wildman–Crippen MR) is 70.0 cm³/mol. The van der Waals surface area contributed by atoms with Crippen molar-refractivity contribution in [3.63, 3.8) is 0 Å². The topological polar surface area (TPSA) is 19.9 Å². The molecule has 0 spiro atoms. The van der Waals surface area contributed by atoms with E-state index in [1.807, 2.05) is 0 Å². The zero-order chi connectivity index (χ0) is 13.3. The maximum atomic E-state index is 7.50. The third-order valence-corrected chi connectivity index (χ3v) is 2.98. The van der Waals surface area contributed by atoms with Gasteiger partial charge in [0, 0.05) is 23.0 Å². The van der Waals surface area contributed by atoms with Gasteiger partial charge in [-0.25, -0.2) is 0 Å². The molecule has 0 N–H and O–H groups in total. The van der Waals surface area contributed by atoms with E-state index in [1.165, 1.54) is 28.2 Å². The summed E-state index contributed by atoms with van der Waals surface area (Å²) in [6.07, 6.45) is 3.28. The van der Waals surface area contributed by atoms with Crippen LogP contribution in [0.25, 0.3) is 0 Å². The molecule has 0 heterocycles. The van der Waals surface area contributed by atoms with E-state index in [0.717, 1.165) is 0 Å². The molecule has 0 aliphatic heterocycles. The molecule has 0 aromatic rings. The van der Waals surface area contributed by atoms with Crippen LogP contribution in [0.2, 0.25) is 0 Å². The largest absolute Gasteiger partial charge is 0 e. The van der Waals surface area contributed by atoms with E-state index in [4.69, 9.17) is 4.65 Å². The van der Waals surface area contributed by atoms with E-state index in [2.05, 4.69) is 54.4 Å². The molecule has 0 aromatic carbocycles. The molecule has 0 atom stereocenters. The summed E-state index contributed by atoms with van der Waals surface area (Å²) in [5.74, 6) is 1.47. The molecular formula is C15H21FeO. The number of hydrogen-bond donors (Lipinski definition) is 0. The normalized spacial score (nSPS) is 13.8. The Balaban J connectivity index is -0.000000242. The van der Waals surface area contributed by atoms with Crippen molar-refractivity contribution < 1.29 is 21.7 Å². The van der Waals surface area contributed by atoms with Gasteiger partial charge in [-0.15, -0.1) is 0 Å². The van der Waals surface area contributed by atoms with Gasteiger partial charge < -0.3 is 0 Å². The minimum Gasteiger partial charge on any atom is 0 e. The minimum absolute atomic E-state index is 0. The van der Waals surface area contributed by atoms with Crippen LogP contribution in [0.3, 0.4) is 0 Å². The third-order valence-electron chi connectivity index (χ3n) is 2.98. The molecule has 0 bridgehead atoms. The van der Waals surface area contributed by atoms with Gasteiger partial charge in [-0.2, -0.15) is 0 Å². The summed E-state index contributed by atoms with van der Waals surface area (Å²) in [6.45, 7) is 22.2. The van der Waals surface area contributed by atoms with Gasteiger partial charge in [-0.1, -0.05) is 43.4 Å². The fraction of sp³-hybridized carbons (Fsp3) is 0.333. The van der Waals surface area contributed by atoms with Crippen LogP contribution < -0.4 is 0 Å². The SMILES string of the molecule is C=CC=C.C[C]1C(C)=C(C)C(C)=C1C.[C-]#[O+].[Fe]. The molecule has 1 aliphatic carbocycles. The maximum Gasteiger partial charge on any atom is 0 e. The molecule has 1 nitrogen and oxygen atoms in total. The average molecular weight is 273 g/mol. The standard InChI is InChI=1S/C10H15.C4H6.CO.Fe/c1-6-7(2)9(4)10(5)8(6)3;1-3-4-2;1-2;/h1-5H3;3-4H,1-2H2;;. The summed E-state index contributed by atoms with van der Waals surface area (Å²) >= 11 is 0. The second-order valence-corrected chi connectivity index (χ2v) is 3.60. The third kappa shape index (κ3) is 6.51. The summed E-state index contributed by atoms with van der Waals surface area (Å²) in [6, 6.07) is 0. The summed E-state index contributed by atoms with van der Waals surface area (Å²) in [7, 11) is 0. The Labute approximate surface area is 117 Å². The Morgan fingerprint density at radius 2 is 1.00 bits per heavy atom. The van der Waals surface area contributed by atoms with Crippen LogP contribution in [-0.2, 0) is 21.7 Å². The first-order chi connectivity index (χ1) is 7.47. The van der Waals surface area contributed by atoms with E-state index >= 15 is 0 Å². The summed E-state index contributed by atoms with van der Waals surface area (Å²) in [5.41, 5.74) is 5.87. The molecule has 2 heteroatoms. The van der Waals surface area contributed by atoms with Crippen molar-refractivity contribution in [1.29, 1.82) is 0 Å². The van der Waals surface area contributed by atoms with Gasteiger partial charge in [0.25, 0.3) is 0 Å². The number of allylic oxidation sites excluding steroid dienone is 6. The van der Waals surface area contributed by atoms with Crippen LogP contribution in [0.5, 0.6) is 0 Å². The zero-order valence-corrected chi connectivity index (χ0v) is 12.4. The van der Waals surface area contributed by atoms with Gasteiger partial charge >= 0.3 is 11.3 Å². The van der Waals surface area contributed by atoms with Crippen LogP contribution in [0, 0.1) is 12.6 Å². The fourth-order valence-corrected chi connectivity index (χ4v) is 1.41. The molecular weight excluding hydrogens is 252 g/mol. The average Bonchev–Trinajstić information content (AvgIpc) is 2.50. The van der Waals surface area contributed by atoms with Crippen molar-refractivity contribution in [2.75, 3.05) is 0 Å². The first-order valence-corrected chi connectivity index (χ1v) is 5.10. The van der Waals surface area contributed by atoms with Crippen LogP contribution in [0.4, 0.5) is 0 Å². The monoisotopic (exact) mass is 273 g/mol. The van der Waals surface area contributed by atoms with Crippen LogP contribution in [0.1, 0.15) is 34.6 Å². The maximum absolute atomic E-state index is 7.50. The van der Waals surface area contributed by atoms with Crippen molar-refractivity contribution in [1.82, 2.24) is 0 Å². The van der Waals surface area contributed by atoms with E-state index in [0.29, 0.717) is 0 Å². The van der Waals surface area contributed by atoms with Gasteiger partial charge in [0.05, 0.1) is 0 Å². The Hall–Kier alpha value is -0.781. The second-order valence-electron chi connectivity index (χ2n) is 3.60. The van der Waals surface area contributed by atoms with Crippen molar-refractivity contribution in [2.45, 2.75) is 34.6 Å². The molecule has 1 radical (unpaired) electrons. The van der Waals surface area contributed by atoms with Crippen molar-refractivity contribution >= 4 is 0 Å². The van der Waals surface area contributed by atoms with Crippen LogP contribution in [0.15, 0.2) is 47.6 Å². The van der Waals surface area contributed by atoms with Crippen molar-refractivity contribution in [3.8, 4) is 0 Å². The fourth-order valence-electron chi connectivity index (χ4n) is 1.41. The van der Waals surface area contributed by atoms with Crippen LogP contribution >= 0.6 is 0 Å². The molecule has 1 rings (SSSR count). The van der Waals surface area contributed by atoms with Crippen molar-refractivity contribution in [3.05, 3.63) is 60.2 Å². The minimum atomic E-state index is 0. The van der Waals surface area contributed by atoms with E-state index in [9.17, 15) is 0 Å². The Morgan fingerprint density at radius 3 is 1.06 bits per heavy atom. The first kappa shape index (κ1) is 21.5. The Morgan fingerprint density at radius 1 is 0.765 bits per heavy atom. The summed E-state index contributed by atoms with van der Waals surface area (Å²) in [4.78, 5) is 0. The molecule has 0 saturated heterocycles. The van der Waals surface area contributed by atoms with Crippen molar-refractivity contribution in [2.24, 2.45) is 0 Å². The van der Waals surface area contributed by atoms with E-state index in [1.54, 1.807) is 12.2 Å². The molecule has 0 fully saturated rings. The molecule has 0 aromatic heterocycles. The number of hydrogen-bond acceptors (Lipinski definition) is 0. The first-order valence-electron chi connectivity index (χ1n) is 5.10. The molecule has 95 valence electrons. The molecule has 17 heavy (non-hydrogen) atoms.